The van der Waals surface area contributed by atoms with Gasteiger partial charge in [0.1, 0.15) is 0 Å². The molecule has 0 radical (unpaired) electrons. The number of rotatable bonds is 6. The van der Waals surface area contributed by atoms with Gasteiger partial charge in [0.25, 0.3) is 0 Å². The maximum atomic E-state index is 11.9. The average Bonchev–Trinajstić information content (AvgIpc) is 3.29. The smallest absolute Gasteiger partial charge is 0.408 e. The van der Waals surface area contributed by atoms with Crippen molar-refractivity contribution in [1.82, 2.24) is 4.90 Å². The fraction of sp³-hybridized carbons (Fsp3) is 0.611. The van der Waals surface area contributed by atoms with Crippen molar-refractivity contribution in [2.75, 3.05) is 13.7 Å². The topological polar surface area (TPSA) is 49.8 Å². The van der Waals surface area contributed by atoms with E-state index in [9.17, 15) is 9.90 Å². The highest BCUT2D eigenvalue weighted by Gasteiger charge is 2.44. The third kappa shape index (κ3) is 4.35. The zero-order valence-corrected chi connectivity index (χ0v) is 16.1. The summed E-state index contributed by atoms with van der Waals surface area (Å²) in [6.07, 6.45) is 1.58. The molecule has 6 heteroatoms. The molecule has 4 nitrogen and oxygen atoms in total. The highest BCUT2D eigenvalue weighted by molar-refractivity contribution is 6.42. The molecule has 134 valence electrons. The molecule has 0 saturated heterocycles. The van der Waals surface area contributed by atoms with E-state index in [1.807, 2.05) is 32.9 Å². The molecule has 1 saturated carbocycles. The molecule has 1 fully saturated rings. The molecule has 1 unspecified atom stereocenters. The first-order valence-electron chi connectivity index (χ1n) is 8.14. The number of carboxylic acid groups (broad SMARTS) is 1. The van der Waals surface area contributed by atoms with Crippen molar-refractivity contribution in [3.8, 4) is 0 Å². The summed E-state index contributed by atoms with van der Waals surface area (Å²) >= 11 is 12.8. The number of ether oxygens (including phenoxy) is 1. The van der Waals surface area contributed by atoms with Gasteiger partial charge < -0.3 is 9.84 Å². The summed E-state index contributed by atoms with van der Waals surface area (Å²) in [6.45, 7) is 6.66. The Morgan fingerprint density at radius 3 is 2.46 bits per heavy atom. The van der Waals surface area contributed by atoms with Gasteiger partial charge >= 0.3 is 6.09 Å². The lowest BCUT2D eigenvalue weighted by molar-refractivity contribution is 0.0767. The number of hydrogen-bond donors (Lipinski definition) is 1. The van der Waals surface area contributed by atoms with Crippen LogP contribution in [0.3, 0.4) is 0 Å². The van der Waals surface area contributed by atoms with Crippen molar-refractivity contribution >= 4 is 29.3 Å². The van der Waals surface area contributed by atoms with Crippen LogP contribution in [0.15, 0.2) is 12.1 Å². The lowest BCUT2D eigenvalue weighted by Crippen LogP contribution is -2.42. The summed E-state index contributed by atoms with van der Waals surface area (Å²) in [6, 6.07) is 3.51. The normalized spacial score (nSPS) is 16.1. The monoisotopic (exact) mass is 373 g/mol. The highest BCUT2D eigenvalue weighted by Crippen LogP contribution is 2.47. The maximum Gasteiger partial charge on any atom is 0.408 e. The van der Waals surface area contributed by atoms with Gasteiger partial charge in [0, 0.05) is 13.2 Å². The van der Waals surface area contributed by atoms with Crippen molar-refractivity contribution in [2.24, 2.45) is 5.41 Å². The second-order valence-electron chi connectivity index (χ2n) is 7.41. The number of benzene rings is 1. The molecular weight excluding hydrogens is 349 g/mol. The van der Waals surface area contributed by atoms with Crippen LogP contribution in [0.2, 0.25) is 10.0 Å². The van der Waals surface area contributed by atoms with Gasteiger partial charge in [-0.1, -0.05) is 50.0 Å². The Balaban J connectivity index is 2.53. The van der Waals surface area contributed by atoms with E-state index >= 15 is 0 Å². The number of amides is 1. The molecule has 1 aliphatic rings. The van der Waals surface area contributed by atoms with Crippen molar-refractivity contribution in [3.05, 3.63) is 33.3 Å². The number of methoxy groups -OCH3 is 1. The van der Waals surface area contributed by atoms with Gasteiger partial charge in [0.15, 0.2) is 0 Å². The Bertz CT molecular complexity index is 609. The fourth-order valence-corrected chi connectivity index (χ4v) is 3.56. The maximum absolute atomic E-state index is 11.9. The number of hydrogen-bond acceptors (Lipinski definition) is 2. The summed E-state index contributed by atoms with van der Waals surface area (Å²) < 4.78 is 5.14. The standard InChI is InChI=1S/C18H25Cl2NO3/c1-18(2,3)16(21(17(22)23)12-5-6-12)13-9-11(7-8-24-4)10-14(19)15(13)20/h9-10,12,16H,5-8H2,1-4H3,(H,22,23). The molecule has 1 N–H and O–H groups in total. The second kappa shape index (κ2) is 7.51. The highest BCUT2D eigenvalue weighted by atomic mass is 35.5. The molecular formula is C18H25Cl2NO3. The minimum atomic E-state index is -0.910. The van der Waals surface area contributed by atoms with Crippen molar-refractivity contribution in [2.45, 2.75) is 52.1 Å². The summed E-state index contributed by atoms with van der Waals surface area (Å²) in [5.41, 5.74) is 1.46. The zero-order valence-electron chi connectivity index (χ0n) is 14.6. The van der Waals surface area contributed by atoms with Crippen LogP contribution >= 0.6 is 23.2 Å². The van der Waals surface area contributed by atoms with Gasteiger partial charge in [-0.3, -0.25) is 4.90 Å². The molecule has 0 aliphatic heterocycles. The van der Waals surface area contributed by atoms with Crippen LogP contribution in [0.4, 0.5) is 4.79 Å². The Kier molecular flexibility index (Phi) is 6.05. The van der Waals surface area contributed by atoms with E-state index in [-0.39, 0.29) is 17.5 Å². The van der Waals surface area contributed by atoms with Gasteiger partial charge in [-0.15, -0.1) is 0 Å². The van der Waals surface area contributed by atoms with Crippen LogP contribution < -0.4 is 0 Å². The number of nitrogens with zero attached hydrogens (tertiary/aromatic N) is 1. The van der Waals surface area contributed by atoms with Gasteiger partial charge in [-0.05, 0) is 41.9 Å². The van der Waals surface area contributed by atoms with Gasteiger partial charge in [-0.2, -0.15) is 0 Å². The molecule has 1 atom stereocenters. The Morgan fingerprint density at radius 1 is 1.38 bits per heavy atom. The number of carbonyl (C=O) groups is 1. The zero-order chi connectivity index (χ0) is 18.1. The average molecular weight is 374 g/mol. The molecule has 24 heavy (non-hydrogen) atoms. The quantitative estimate of drug-likeness (QED) is 0.724. The van der Waals surface area contributed by atoms with E-state index in [1.54, 1.807) is 12.0 Å². The molecule has 1 amide bonds. The van der Waals surface area contributed by atoms with Crippen molar-refractivity contribution in [1.29, 1.82) is 0 Å². The van der Waals surface area contributed by atoms with E-state index in [4.69, 9.17) is 27.9 Å². The van der Waals surface area contributed by atoms with Crippen LogP contribution in [0.5, 0.6) is 0 Å². The SMILES string of the molecule is COCCc1cc(Cl)c(Cl)c(C(N(C(=O)O)C2CC2)C(C)(C)C)c1. The third-order valence-corrected chi connectivity index (χ3v) is 5.08. The van der Waals surface area contributed by atoms with Crippen LogP contribution in [-0.4, -0.2) is 35.9 Å². The predicted octanol–water partition coefficient (Wildman–Crippen LogP) is 5.41. The van der Waals surface area contributed by atoms with Crippen molar-refractivity contribution < 1.29 is 14.6 Å². The molecule has 2 rings (SSSR count). The minimum Gasteiger partial charge on any atom is -0.465 e. The van der Waals surface area contributed by atoms with E-state index < -0.39 is 6.09 Å². The minimum absolute atomic E-state index is 0.0594. The van der Waals surface area contributed by atoms with Crippen LogP contribution in [0.25, 0.3) is 0 Å². The Morgan fingerprint density at radius 2 is 2.00 bits per heavy atom. The van der Waals surface area contributed by atoms with E-state index in [2.05, 4.69) is 0 Å². The van der Waals surface area contributed by atoms with Gasteiger partial charge in [0.05, 0.1) is 22.7 Å². The lowest BCUT2D eigenvalue weighted by atomic mass is 9.80. The number of halogens is 2. The summed E-state index contributed by atoms with van der Waals surface area (Å²) in [5, 5.41) is 10.7. The predicted molar refractivity (Wildman–Crippen MR) is 97.1 cm³/mol. The third-order valence-electron chi connectivity index (χ3n) is 4.27. The van der Waals surface area contributed by atoms with Gasteiger partial charge in [0.2, 0.25) is 0 Å². The lowest BCUT2D eigenvalue weighted by Gasteiger charge is -2.40. The van der Waals surface area contributed by atoms with E-state index in [0.717, 1.165) is 24.0 Å². The summed E-state index contributed by atoms with van der Waals surface area (Å²) in [5.74, 6) is 0. The van der Waals surface area contributed by atoms with Crippen LogP contribution in [0.1, 0.15) is 50.8 Å². The second-order valence-corrected chi connectivity index (χ2v) is 8.20. The fourth-order valence-electron chi connectivity index (χ4n) is 3.10. The van der Waals surface area contributed by atoms with Crippen LogP contribution in [-0.2, 0) is 11.2 Å². The first-order valence-corrected chi connectivity index (χ1v) is 8.90. The van der Waals surface area contributed by atoms with Gasteiger partial charge in [-0.25, -0.2) is 4.79 Å². The first kappa shape index (κ1) is 19.4. The molecule has 0 heterocycles. The summed E-state index contributed by atoms with van der Waals surface area (Å²) in [7, 11) is 1.65. The molecule has 0 spiro atoms. The van der Waals surface area contributed by atoms with Crippen molar-refractivity contribution in [3.63, 3.8) is 0 Å². The van der Waals surface area contributed by atoms with E-state index in [1.165, 1.54) is 0 Å². The first-order chi connectivity index (χ1) is 11.2. The van der Waals surface area contributed by atoms with Crippen LogP contribution in [0, 0.1) is 5.41 Å². The molecule has 1 aromatic carbocycles. The molecule has 1 aliphatic carbocycles. The molecule has 0 aromatic heterocycles. The largest absolute Gasteiger partial charge is 0.465 e. The summed E-state index contributed by atoms with van der Waals surface area (Å²) in [4.78, 5) is 13.5. The Hall–Kier alpha value is -0.970. The molecule has 0 bridgehead atoms. The molecule has 1 aromatic rings. The van der Waals surface area contributed by atoms with E-state index in [0.29, 0.717) is 23.1 Å². The Labute approximate surface area is 153 Å².